The first kappa shape index (κ1) is 17.1. The molecule has 1 N–H and O–H groups in total. The number of benzene rings is 1. The normalized spacial score (nSPS) is 11.6. The Hall–Kier alpha value is -3.36. The van der Waals surface area contributed by atoms with E-state index in [1.54, 1.807) is 6.20 Å². The third-order valence-electron chi connectivity index (χ3n) is 4.31. The van der Waals surface area contributed by atoms with Crippen molar-refractivity contribution in [3.05, 3.63) is 36.8 Å². The van der Waals surface area contributed by atoms with Crippen molar-refractivity contribution < 1.29 is 0 Å². The Kier molecular flexibility index (Phi) is 4.27. The second kappa shape index (κ2) is 6.75. The molecule has 3 heterocycles. The molecule has 9 nitrogen and oxygen atoms in total. The molecule has 0 amide bonds. The van der Waals surface area contributed by atoms with Gasteiger partial charge in [-0.15, -0.1) is 10.2 Å². The highest BCUT2D eigenvalue weighted by Gasteiger charge is 2.14. The van der Waals surface area contributed by atoms with Gasteiger partial charge in [0.25, 0.3) is 0 Å². The van der Waals surface area contributed by atoms with Gasteiger partial charge in [-0.2, -0.15) is 15.4 Å². The van der Waals surface area contributed by atoms with Crippen LogP contribution < -0.4 is 0 Å². The highest BCUT2D eigenvalue weighted by molar-refractivity contribution is 5.77. The summed E-state index contributed by atoms with van der Waals surface area (Å²) in [5.74, 6) is 0. The summed E-state index contributed by atoms with van der Waals surface area (Å²) in [7, 11) is 0. The summed E-state index contributed by atoms with van der Waals surface area (Å²) >= 11 is 0. The Morgan fingerprint density at radius 2 is 1.22 bits per heavy atom. The van der Waals surface area contributed by atoms with Gasteiger partial charge < -0.3 is 0 Å². The number of hydrogen-bond donors (Lipinski definition) is 1. The average Bonchev–Trinajstić information content (AvgIpc) is 3.42. The second-order valence-electron chi connectivity index (χ2n) is 7.01. The molecule has 0 unspecified atom stereocenters. The van der Waals surface area contributed by atoms with Gasteiger partial charge in [-0.05, 0) is 45.9 Å². The smallest absolute Gasteiger partial charge is 0.113 e. The largest absolute Gasteiger partial charge is 0.249 e. The highest BCUT2D eigenvalue weighted by atomic mass is 15.4. The van der Waals surface area contributed by atoms with Crippen LogP contribution in [0.4, 0.5) is 0 Å². The number of nitrogens with zero attached hydrogens (tertiary/aromatic N) is 8. The summed E-state index contributed by atoms with van der Waals surface area (Å²) in [6.07, 6.45) is 5.58. The minimum Gasteiger partial charge on any atom is -0.249 e. The van der Waals surface area contributed by atoms with E-state index in [9.17, 15) is 0 Å². The van der Waals surface area contributed by atoms with Crippen molar-refractivity contribution in [1.29, 1.82) is 0 Å². The summed E-state index contributed by atoms with van der Waals surface area (Å²) in [4.78, 5) is 0. The van der Waals surface area contributed by atoms with E-state index in [4.69, 9.17) is 0 Å². The molecule has 4 rings (SSSR count). The fourth-order valence-corrected chi connectivity index (χ4v) is 2.73. The van der Waals surface area contributed by atoms with Crippen molar-refractivity contribution in [2.24, 2.45) is 0 Å². The van der Waals surface area contributed by atoms with Gasteiger partial charge in [0.05, 0.1) is 18.6 Å². The number of H-pyrrole nitrogens is 1. The summed E-state index contributed by atoms with van der Waals surface area (Å²) in [6, 6.07) is 6.60. The standard InChI is InChI=1S/C18H21N9/c1-11(2)26-9-17(21-24-26)14-5-13(16-8-19-23-20-16)6-15(7-14)18-10-27(12(3)4)25-22-18/h5-12H,1-4H3,(H,19,20,23). The van der Waals surface area contributed by atoms with Crippen molar-refractivity contribution in [1.82, 2.24) is 45.4 Å². The maximum absolute atomic E-state index is 4.33. The molecule has 4 aromatic rings. The van der Waals surface area contributed by atoms with Gasteiger partial charge in [0.15, 0.2) is 0 Å². The predicted molar refractivity (Wildman–Crippen MR) is 101 cm³/mol. The molecule has 0 saturated carbocycles. The minimum atomic E-state index is 0.246. The molecule has 0 aliphatic carbocycles. The average molecular weight is 363 g/mol. The van der Waals surface area contributed by atoms with Crippen LogP contribution in [-0.4, -0.2) is 45.4 Å². The number of hydrogen-bond acceptors (Lipinski definition) is 6. The molecule has 0 aliphatic heterocycles. The zero-order valence-electron chi connectivity index (χ0n) is 15.7. The van der Waals surface area contributed by atoms with Crippen molar-refractivity contribution >= 4 is 0 Å². The molecule has 0 fully saturated rings. The zero-order chi connectivity index (χ0) is 19.0. The molecule has 3 aromatic heterocycles. The maximum atomic E-state index is 4.33. The van der Waals surface area contributed by atoms with E-state index in [2.05, 4.69) is 63.7 Å². The van der Waals surface area contributed by atoms with Crippen LogP contribution in [0.25, 0.3) is 33.8 Å². The number of aromatic amines is 1. The molecule has 0 spiro atoms. The number of nitrogens with one attached hydrogen (secondary N) is 1. The maximum Gasteiger partial charge on any atom is 0.113 e. The second-order valence-corrected chi connectivity index (χ2v) is 7.01. The van der Waals surface area contributed by atoms with Gasteiger partial charge in [-0.25, -0.2) is 9.36 Å². The molecule has 0 saturated heterocycles. The van der Waals surface area contributed by atoms with Crippen LogP contribution in [0.2, 0.25) is 0 Å². The molecule has 9 heteroatoms. The zero-order valence-corrected chi connectivity index (χ0v) is 15.7. The Morgan fingerprint density at radius 1 is 0.741 bits per heavy atom. The van der Waals surface area contributed by atoms with Crippen LogP contribution in [0.5, 0.6) is 0 Å². The minimum absolute atomic E-state index is 0.246. The first-order valence-corrected chi connectivity index (χ1v) is 8.87. The Bertz CT molecular complexity index is 976. The molecule has 0 atom stereocenters. The van der Waals surface area contributed by atoms with Gasteiger partial charge in [0, 0.05) is 28.8 Å². The molecule has 0 aliphatic rings. The van der Waals surface area contributed by atoms with Crippen molar-refractivity contribution in [3.63, 3.8) is 0 Å². The Labute approximate surface area is 156 Å². The fraction of sp³-hybridized carbons (Fsp3) is 0.333. The summed E-state index contributed by atoms with van der Waals surface area (Å²) in [5.41, 5.74) is 5.16. The van der Waals surface area contributed by atoms with E-state index in [1.165, 1.54) is 0 Å². The molecular weight excluding hydrogens is 342 g/mol. The predicted octanol–water partition coefficient (Wildman–Crippen LogP) is 3.15. The molecule has 0 bridgehead atoms. The summed E-state index contributed by atoms with van der Waals surface area (Å²) < 4.78 is 3.68. The van der Waals surface area contributed by atoms with Crippen LogP contribution in [0.1, 0.15) is 39.8 Å². The third-order valence-corrected chi connectivity index (χ3v) is 4.31. The van der Waals surface area contributed by atoms with Crippen molar-refractivity contribution in [2.45, 2.75) is 39.8 Å². The van der Waals surface area contributed by atoms with E-state index < -0.39 is 0 Å². The lowest BCUT2D eigenvalue weighted by molar-refractivity contribution is 0.514. The lowest BCUT2D eigenvalue weighted by Crippen LogP contribution is -2.00. The van der Waals surface area contributed by atoms with Crippen LogP contribution in [-0.2, 0) is 0 Å². The SMILES string of the molecule is CC(C)n1cc(-c2cc(-c3cn(C(C)C)nn3)cc(-c3cn[nH]n3)c2)nn1. The van der Waals surface area contributed by atoms with E-state index in [1.807, 2.05) is 40.0 Å². The van der Waals surface area contributed by atoms with E-state index in [0.717, 1.165) is 33.8 Å². The van der Waals surface area contributed by atoms with E-state index >= 15 is 0 Å². The Balaban J connectivity index is 1.83. The quantitative estimate of drug-likeness (QED) is 0.584. The molecule has 1 aromatic carbocycles. The van der Waals surface area contributed by atoms with Gasteiger partial charge >= 0.3 is 0 Å². The van der Waals surface area contributed by atoms with Crippen LogP contribution in [0.3, 0.4) is 0 Å². The topological polar surface area (TPSA) is 103 Å². The van der Waals surface area contributed by atoms with Crippen LogP contribution >= 0.6 is 0 Å². The van der Waals surface area contributed by atoms with E-state index in [0.29, 0.717) is 0 Å². The summed E-state index contributed by atoms with van der Waals surface area (Å²) in [6.45, 7) is 8.28. The van der Waals surface area contributed by atoms with Gasteiger partial charge in [0.2, 0.25) is 0 Å². The van der Waals surface area contributed by atoms with Crippen molar-refractivity contribution in [2.75, 3.05) is 0 Å². The van der Waals surface area contributed by atoms with Gasteiger partial charge in [0.1, 0.15) is 17.1 Å². The van der Waals surface area contributed by atoms with Crippen LogP contribution in [0, 0.1) is 0 Å². The molecular formula is C18H21N9. The third kappa shape index (κ3) is 3.35. The van der Waals surface area contributed by atoms with Crippen LogP contribution in [0.15, 0.2) is 36.8 Å². The fourth-order valence-electron chi connectivity index (χ4n) is 2.73. The molecule has 27 heavy (non-hydrogen) atoms. The van der Waals surface area contributed by atoms with Gasteiger partial charge in [-0.3, -0.25) is 0 Å². The molecule has 138 valence electrons. The molecule has 0 radical (unpaired) electrons. The monoisotopic (exact) mass is 363 g/mol. The highest BCUT2D eigenvalue weighted by Crippen LogP contribution is 2.30. The number of rotatable bonds is 5. The first-order valence-electron chi connectivity index (χ1n) is 8.87. The van der Waals surface area contributed by atoms with Crippen molar-refractivity contribution in [3.8, 4) is 33.8 Å². The lowest BCUT2D eigenvalue weighted by Gasteiger charge is -2.06. The van der Waals surface area contributed by atoms with Gasteiger partial charge in [-0.1, -0.05) is 10.4 Å². The summed E-state index contributed by atoms with van der Waals surface area (Å²) in [5, 5.41) is 27.9. The number of aromatic nitrogens is 9. The first-order chi connectivity index (χ1) is 13.0. The van der Waals surface area contributed by atoms with E-state index in [-0.39, 0.29) is 12.1 Å². The Morgan fingerprint density at radius 3 is 1.59 bits per heavy atom. The lowest BCUT2D eigenvalue weighted by atomic mass is 10.0.